The molecular weight excluding hydrogens is 420 g/mol. The molecule has 2 N–H and O–H groups in total. The summed E-state index contributed by atoms with van der Waals surface area (Å²) >= 11 is 0. The van der Waals surface area contributed by atoms with Crippen LogP contribution in [0.3, 0.4) is 0 Å². The van der Waals surface area contributed by atoms with Gasteiger partial charge in [-0.05, 0) is 42.2 Å². The van der Waals surface area contributed by atoms with Crippen molar-refractivity contribution in [2.24, 2.45) is 9.98 Å². The molecule has 0 radical (unpaired) electrons. The highest BCUT2D eigenvalue weighted by Crippen LogP contribution is 2.37. The molecule has 0 saturated heterocycles. The number of nitrogens with zero attached hydrogens (tertiary/aromatic N) is 2. The molecule has 0 unspecified atom stereocenters. The molecule has 0 fully saturated rings. The first-order chi connectivity index (χ1) is 15.6. The minimum absolute atomic E-state index is 0.0864. The fraction of sp³-hybridized carbons (Fsp3) is 0.423. The number of aliphatic imine (C=N–C) groups is 2. The monoisotopic (exact) mass is 454 g/mol. The van der Waals surface area contributed by atoms with Crippen LogP contribution >= 0.6 is 0 Å². The maximum atomic E-state index is 11.5. The molecule has 178 valence electrons. The van der Waals surface area contributed by atoms with Crippen LogP contribution in [-0.2, 0) is 21.5 Å². The zero-order valence-corrected chi connectivity index (χ0v) is 20.1. The van der Waals surface area contributed by atoms with Crippen LogP contribution in [0, 0.1) is 0 Å². The second-order valence-corrected chi connectivity index (χ2v) is 8.87. The quantitative estimate of drug-likeness (QED) is 0.253. The van der Waals surface area contributed by atoms with Crippen LogP contribution in [0.1, 0.15) is 45.2 Å². The third-order valence-electron chi connectivity index (χ3n) is 4.99. The number of phenols is 1. The van der Waals surface area contributed by atoms with Crippen molar-refractivity contribution >= 4 is 17.4 Å². The van der Waals surface area contributed by atoms with E-state index in [1.807, 2.05) is 32.9 Å². The van der Waals surface area contributed by atoms with E-state index in [1.165, 1.54) is 0 Å². The van der Waals surface area contributed by atoms with Crippen LogP contribution in [0.15, 0.2) is 58.1 Å². The van der Waals surface area contributed by atoms with Gasteiger partial charge in [0.1, 0.15) is 11.5 Å². The number of esters is 1. The van der Waals surface area contributed by atoms with Gasteiger partial charge in [0.2, 0.25) is 0 Å². The van der Waals surface area contributed by atoms with Crippen molar-refractivity contribution in [3.05, 3.63) is 59.2 Å². The molecule has 0 saturated carbocycles. The molecule has 1 aliphatic carbocycles. The molecule has 1 aromatic carbocycles. The van der Waals surface area contributed by atoms with Crippen LogP contribution in [0.5, 0.6) is 11.5 Å². The molecule has 0 aromatic heterocycles. The van der Waals surface area contributed by atoms with Gasteiger partial charge in [0, 0.05) is 30.2 Å². The van der Waals surface area contributed by atoms with E-state index < -0.39 is 5.97 Å². The maximum Gasteiger partial charge on any atom is 0.333 e. The van der Waals surface area contributed by atoms with Gasteiger partial charge >= 0.3 is 5.97 Å². The number of allylic oxidation sites excluding steroid dienone is 2. The van der Waals surface area contributed by atoms with Crippen molar-refractivity contribution in [3.63, 3.8) is 0 Å². The number of carbonyl (C=O) groups excluding carboxylic acids is 1. The number of hydrogen-bond acceptors (Lipinski definition) is 7. The highest BCUT2D eigenvalue weighted by molar-refractivity contribution is 6.51. The van der Waals surface area contributed by atoms with Crippen molar-refractivity contribution in [1.29, 1.82) is 0 Å². The molecule has 0 heterocycles. The second-order valence-electron chi connectivity index (χ2n) is 8.87. The van der Waals surface area contributed by atoms with E-state index in [0.717, 1.165) is 11.1 Å². The average molecular weight is 455 g/mol. The summed E-state index contributed by atoms with van der Waals surface area (Å²) in [5.74, 6) is 0.378. The Morgan fingerprint density at radius 3 is 2.48 bits per heavy atom. The van der Waals surface area contributed by atoms with Crippen molar-refractivity contribution < 1.29 is 24.5 Å². The largest absolute Gasteiger partial charge is 0.507 e. The number of phenolic OH excluding ortho intramolecular Hbond substituents is 1. The lowest BCUT2D eigenvalue weighted by Crippen LogP contribution is -2.15. The second kappa shape index (κ2) is 11.6. The standard InChI is InChI=1S/C26H34N2O5/c1-17(2)25(31)33-11-7-10-32-20-13-19(24(30)21(14-20)26(3,4)5)15-28-23-12-18(16-29)8-9-22(23)27-6/h8-9,12-14,29-30H,1,7,10-11,15-16H2,2-6H3. The fourth-order valence-electron chi connectivity index (χ4n) is 3.13. The Labute approximate surface area is 195 Å². The van der Waals surface area contributed by atoms with Crippen molar-refractivity contribution in [1.82, 2.24) is 0 Å². The predicted octanol–water partition coefficient (Wildman–Crippen LogP) is 4.08. The Morgan fingerprint density at radius 2 is 1.88 bits per heavy atom. The summed E-state index contributed by atoms with van der Waals surface area (Å²) in [6.07, 6.45) is 5.93. The first kappa shape index (κ1) is 26.1. The van der Waals surface area contributed by atoms with E-state index in [2.05, 4.69) is 16.6 Å². The van der Waals surface area contributed by atoms with Crippen molar-refractivity contribution in [3.8, 4) is 11.5 Å². The topological polar surface area (TPSA) is 101 Å². The number of hydrogen-bond donors (Lipinski definition) is 2. The molecule has 7 heteroatoms. The molecule has 1 aliphatic rings. The van der Waals surface area contributed by atoms with Crippen LogP contribution in [0.25, 0.3) is 0 Å². The Hall–Kier alpha value is -3.19. The molecular formula is C26H34N2O5. The first-order valence-corrected chi connectivity index (χ1v) is 10.9. The SMILES string of the molecule is C=C(C)C(=O)OCCCOc1cc(CN=C2C=C(CO)C=CC2=NC)c(O)c(C(C)(C)C)c1. The summed E-state index contributed by atoms with van der Waals surface area (Å²) in [6, 6.07) is 3.60. The van der Waals surface area contributed by atoms with Gasteiger partial charge in [0.25, 0.3) is 0 Å². The zero-order valence-electron chi connectivity index (χ0n) is 20.1. The van der Waals surface area contributed by atoms with E-state index in [1.54, 1.807) is 32.2 Å². The highest BCUT2D eigenvalue weighted by Gasteiger charge is 2.22. The van der Waals surface area contributed by atoms with Gasteiger partial charge in [0.05, 0.1) is 37.8 Å². The van der Waals surface area contributed by atoms with Gasteiger partial charge in [-0.3, -0.25) is 9.98 Å². The number of benzene rings is 1. The van der Waals surface area contributed by atoms with Gasteiger partial charge in [0.15, 0.2) is 0 Å². The van der Waals surface area contributed by atoms with Gasteiger partial charge in [-0.25, -0.2) is 4.79 Å². The number of aromatic hydroxyl groups is 1. The van der Waals surface area contributed by atoms with Gasteiger partial charge in [-0.15, -0.1) is 0 Å². The zero-order chi connectivity index (χ0) is 24.6. The van der Waals surface area contributed by atoms with Gasteiger partial charge in [-0.1, -0.05) is 33.4 Å². The van der Waals surface area contributed by atoms with E-state index in [4.69, 9.17) is 9.47 Å². The van der Waals surface area contributed by atoms with Crippen LogP contribution in [0.2, 0.25) is 0 Å². The molecule has 2 rings (SSSR count). The number of ether oxygens (including phenoxy) is 2. The fourth-order valence-corrected chi connectivity index (χ4v) is 3.13. The minimum atomic E-state index is -0.415. The summed E-state index contributed by atoms with van der Waals surface area (Å²) in [5, 5.41) is 20.4. The normalized spacial score (nSPS) is 16.1. The Balaban J connectivity index is 2.22. The van der Waals surface area contributed by atoms with Crippen molar-refractivity contribution in [2.45, 2.75) is 46.1 Å². The Morgan fingerprint density at radius 1 is 1.15 bits per heavy atom. The lowest BCUT2D eigenvalue weighted by Gasteiger charge is -2.23. The Bertz CT molecular complexity index is 1010. The summed E-state index contributed by atoms with van der Waals surface area (Å²) < 4.78 is 11.0. The Kier molecular flexibility index (Phi) is 9.17. The highest BCUT2D eigenvalue weighted by atomic mass is 16.5. The van der Waals surface area contributed by atoms with Crippen LogP contribution < -0.4 is 4.74 Å². The summed E-state index contributed by atoms with van der Waals surface area (Å²) in [5.41, 5.74) is 3.53. The molecule has 7 nitrogen and oxygen atoms in total. The molecule has 33 heavy (non-hydrogen) atoms. The molecule has 0 aliphatic heterocycles. The third kappa shape index (κ3) is 7.43. The van der Waals surface area contributed by atoms with E-state index in [-0.39, 0.29) is 30.9 Å². The van der Waals surface area contributed by atoms with Crippen molar-refractivity contribution in [2.75, 3.05) is 26.9 Å². The lowest BCUT2D eigenvalue weighted by atomic mass is 9.85. The molecule has 0 bridgehead atoms. The molecule has 0 atom stereocenters. The van der Waals surface area contributed by atoms with Gasteiger partial charge < -0.3 is 19.7 Å². The summed E-state index contributed by atoms with van der Waals surface area (Å²) in [4.78, 5) is 20.3. The maximum absolute atomic E-state index is 11.5. The lowest BCUT2D eigenvalue weighted by molar-refractivity contribution is -0.139. The van der Waals surface area contributed by atoms with E-state index in [0.29, 0.717) is 41.3 Å². The smallest absolute Gasteiger partial charge is 0.333 e. The number of aliphatic hydroxyl groups excluding tert-OH is 1. The number of carbonyl (C=O) groups is 1. The van der Waals surface area contributed by atoms with E-state index in [9.17, 15) is 15.0 Å². The summed E-state index contributed by atoms with van der Waals surface area (Å²) in [7, 11) is 1.68. The van der Waals surface area contributed by atoms with Gasteiger partial charge in [-0.2, -0.15) is 0 Å². The molecule has 0 spiro atoms. The van der Waals surface area contributed by atoms with Crippen LogP contribution in [0.4, 0.5) is 0 Å². The minimum Gasteiger partial charge on any atom is -0.507 e. The molecule has 1 aromatic rings. The predicted molar refractivity (Wildman–Crippen MR) is 131 cm³/mol. The number of rotatable bonds is 9. The van der Waals surface area contributed by atoms with E-state index >= 15 is 0 Å². The number of aliphatic hydroxyl groups is 1. The molecule has 0 amide bonds. The first-order valence-electron chi connectivity index (χ1n) is 10.9. The third-order valence-corrected chi connectivity index (χ3v) is 4.99. The average Bonchev–Trinajstić information content (AvgIpc) is 2.77. The van der Waals surface area contributed by atoms with Crippen LogP contribution in [-0.4, -0.2) is 54.5 Å². The summed E-state index contributed by atoms with van der Waals surface area (Å²) in [6.45, 7) is 11.9.